The SMILES string of the molecule is COc1ccc(CC(=O)N2CCCC2c2nc(-c3ccc(OC)cc3)no2)cc1. The molecule has 1 aliphatic rings. The van der Waals surface area contributed by atoms with E-state index in [2.05, 4.69) is 10.1 Å². The Morgan fingerprint density at radius 2 is 1.72 bits per heavy atom. The van der Waals surface area contributed by atoms with Crippen molar-refractivity contribution in [2.45, 2.75) is 25.3 Å². The van der Waals surface area contributed by atoms with Gasteiger partial charge in [-0.2, -0.15) is 4.98 Å². The van der Waals surface area contributed by atoms with Crippen molar-refractivity contribution in [2.24, 2.45) is 0 Å². The number of rotatable bonds is 6. The highest BCUT2D eigenvalue weighted by atomic mass is 16.5. The second kappa shape index (κ2) is 8.34. The summed E-state index contributed by atoms with van der Waals surface area (Å²) in [4.78, 5) is 19.3. The molecule has 1 aromatic heterocycles. The molecule has 0 N–H and O–H groups in total. The molecule has 0 aliphatic carbocycles. The molecule has 4 rings (SSSR count). The van der Waals surface area contributed by atoms with Crippen LogP contribution in [-0.2, 0) is 11.2 Å². The zero-order valence-electron chi connectivity index (χ0n) is 16.5. The van der Waals surface area contributed by atoms with Crippen molar-refractivity contribution in [1.29, 1.82) is 0 Å². The molecule has 0 radical (unpaired) electrons. The Kier molecular flexibility index (Phi) is 5.46. The number of carbonyl (C=O) groups excluding carboxylic acids is 1. The van der Waals surface area contributed by atoms with E-state index in [4.69, 9.17) is 14.0 Å². The fourth-order valence-electron chi connectivity index (χ4n) is 3.57. The van der Waals surface area contributed by atoms with Gasteiger partial charge in [0.15, 0.2) is 0 Å². The van der Waals surface area contributed by atoms with E-state index in [1.54, 1.807) is 14.2 Å². The lowest BCUT2D eigenvalue weighted by atomic mass is 10.1. The molecule has 0 bridgehead atoms. The van der Waals surface area contributed by atoms with E-state index >= 15 is 0 Å². The molecule has 1 aliphatic heterocycles. The Balaban J connectivity index is 1.47. The van der Waals surface area contributed by atoms with Gasteiger partial charge < -0.3 is 18.9 Å². The monoisotopic (exact) mass is 393 g/mol. The highest BCUT2D eigenvalue weighted by Crippen LogP contribution is 2.33. The number of carbonyl (C=O) groups is 1. The molecule has 1 amide bonds. The zero-order valence-corrected chi connectivity index (χ0v) is 16.5. The summed E-state index contributed by atoms with van der Waals surface area (Å²) in [6, 6.07) is 14.8. The first-order valence-electron chi connectivity index (χ1n) is 9.58. The number of hydrogen-bond acceptors (Lipinski definition) is 6. The molecule has 0 spiro atoms. The maximum atomic E-state index is 12.9. The van der Waals surface area contributed by atoms with E-state index in [1.165, 1.54) is 0 Å². The Morgan fingerprint density at radius 3 is 2.38 bits per heavy atom. The molecule has 150 valence electrons. The number of methoxy groups -OCH3 is 2. The number of ether oxygens (including phenoxy) is 2. The van der Waals surface area contributed by atoms with E-state index in [0.29, 0.717) is 24.7 Å². The second-order valence-electron chi connectivity index (χ2n) is 6.95. The summed E-state index contributed by atoms with van der Waals surface area (Å²) in [7, 11) is 3.25. The lowest BCUT2D eigenvalue weighted by molar-refractivity contribution is -0.131. The van der Waals surface area contributed by atoms with Gasteiger partial charge >= 0.3 is 0 Å². The normalized spacial score (nSPS) is 16.1. The smallest absolute Gasteiger partial charge is 0.249 e. The van der Waals surface area contributed by atoms with Crippen LogP contribution in [0.25, 0.3) is 11.4 Å². The van der Waals surface area contributed by atoms with Crippen molar-refractivity contribution in [3.8, 4) is 22.9 Å². The van der Waals surface area contributed by atoms with E-state index in [-0.39, 0.29) is 11.9 Å². The van der Waals surface area contributed by atoms with E-state index in [9.17, 15) is 4.79 Å². The summed E-state index contributed by atoms with van der Waals surface area (Å²) >= 11 is 0. The Bertz CT molecular complexity index is 966. The molecule has 29 heavy (non-hydrogen) atoms. The van der Waals surface area contributed by atoms with Crippen molar-refractivity contribution in [3.63, 3.8) is 0 Å². The first-order chi connectivity index (χ1) is 14.2. The van der Waals surface area contributed by atoms with Gasteiger partial charge in [0, 0.05) is 12.1 Å². The third kappa shape index (κ3) is 4.08. The molecule has 7 heteroatoms. The molecule has 1 fully saturated rings. The Hall–Kier alpha value is -3.35. The van der Waals surface area contributed by atoms with Crippen LogP contribution in [-0.4, -0.2) is 41.7 Å². The maximum Gasteiger partial charge on any atom is 0.249 e. The highest BCUT2D eigenvalue weighted by Gasteiger charge is 2.34. The molecule has 3 aromatic rings. The van der Waals surface area contributed by atoms with Gasteiger partial charge in [-0.25, -0.2) is 0 Å². The van der Waals surface area contributed by atoms with Crippen molar-refractivity contribution in [1.82, 2.24) is 15.0 Å². The molecule has 1 unspecified atom stereocenters. The van der Waals surface area contributed by atoms with Crippen molar-refractivity contribution in [3.05, 3.63) is 60.0 Å². The summed E-state index contributed by atoms with van der Waals surface area (Å²) in [5.41, 5.74) is 1.79. The molecule has 2 heterocycles. The van der Waals surface area contributed by atoms with Crippen LogP contribution in [0.3, 0.4) is 0 Å². The number of aromatic nitrogens is 2. The number of likely N-dealkylation sites (tertiary alicyclic amines) is 1. The van der Waals surface area contributed by atoms with Crippen molar-refractivity contribution < 1.29 is 18.8 Å². The van der Waals surface area contributed by atoms with Gasteiger partial charge in [0.05, 0.1) is 20.6 Å². The van der Waals surface area contributed by atoms with Crippen LogP contribution < -0.4 is 9.47 Å². The lowest BCUT2D eigenvalue weighted by Crippen LogP contribution is -2.32. The fourth-order valence-corrected chi connectivity index (χ4v) is 3.57. The van der Waals surface area contributed by atoms with Crippen LogP contribution in [0.2, 0.25) is 0 Å². The van der Waals surface area contributed by atoms with Crippen molar-refractivity contribution in [2.75, 3.05) is 20.8 Å². The molecule has 0 saturated carbocycles. The first kappa shape index (κ1) is 19.0. The largest absolute Gasteiger partial charge is 0.497 e. The van der Waals surface area contributed by atoms with E-state index in [0.717, 1.165) is 35.5 Å². The quantitative estimate of drug-likeness (QED) is 0.636. The van der Waals surface area contributed by atoms with Gasteiger partial charge in [-0.3, -0.25) is 4.79 Å². The van der Waals surface area contributed by atoms with Gasteiger partial charge in [-0.05, 0) is 54.8 Å². The van der Waals surface area contributed by atoms with E-state index < -0.39 is 0 Å². The molecule has 1 atom stereocenters. The fraction of sp³-hybridized carbons (Fsp3) is 0.318. The van der Waals surface area contributed by atoms with Gasteiger partial charge in [0.25, 0.3) is 0 Å². The Labute approximate surface area is 169 Å². The molecule has 2 aromatic carbocycles. The summed E-state index contributed by atoms with van der Waals surface area (Å²) in [6.07, 6.45) is 2.07. The summed E-state index contributed by atoms with van der Waals surface area (Å²) < 4.78 is 15.9. The van der Waals surface area contributed by atoms with Crippen LogP contribution in [0, 0.1) is 0 Å². The molecule has 1 saturated heterocycles. The van der Waals surface area contributed by atoms with Crippen LogP contribution >= 0.6 is 0 Å². The summed E-state index contributed by atoms with van der Waals surface area (Å²) in [5, 5.41) is 4.10. The number of nitrogens with zero attached hydrogens (tertiary/aromatic N) is 3. The van der Waals surface area contributed by atoms with Crippen LogP contribution in [0.4, 0.5) is 0 Å². The predicted molar refractivity (Wildman–Crippen MR) is 107 cm³/mol. The minimum absolute atomic E-state index is 0.0573. The third-order valence-electron chi connectivity index (χ3n) is 5.16. The topological polar surface area (TPSA) is 77.7 Å². The standard InChI is InChI=1S/C22H23N3O4/c1-27-17-9-5-15(6-10-17)14-20(26)25-13-3-4-19(25)22-23-21(24-29-22)16-7-11-18(28-2)12-8-16/h5-12,19H,3-4,13-14H2,1-2H3. The lowest BCUT2D eigenvalue weighted by Gasteiger charge is -2.22. The van der Waals surface area contributed by atoms with Crippen LogP contribution in [0.5, 0.6) is 11.5 Å². The number of amides is 1. The average molecular weight is 393 g/mol. The zero-order chi connectivity index (χ0) is 20.2. The Morgan fingerprint density at radius 1 is 1.07 bits per heavy atom. The van der Waals surface area contributed by atoms with Gasteiger partial charge in [0.2, 0.25) is 17.6 Å². The second-order valence-corrected chi connectivity index (χ2v) is 6.95. The first-order valence-corrected chi connectivity index (χ1v) is 9.58. The minimum atomic E-state index is -0.180. The van der Waals surface area contributed by atoms with Gasteiger partial charge in [-0.15, -0.1) is 0 Å². The maximum absolute atomic E-state index is 12.9. The van der Waals surface area contributed by atoms with Gasteiger partial charge in [0.1, 0.15) is 17.5 Å². The third-order valence-corrected chi connectivity index (χ3v) is 5.16. The molecule has 7 nitrogen and oxygen atoms in total. The highest BCUT2D eigenvalue weighted by molar-refractivity contribution is 5.79. The minimum Gasteiger partial charge on any atom is -0.497 e. The van der Waals surface area contributed by atoms with Crippen molar-refractivity contribution >= 4 is 5.91 Å². The molecular formula is C22H23N3O4. The van der Waals surface area contributed by atoms with Gasteiger partial charge in [-0.1, -0.05) is 17.3 Å². The average Bonchev–Trinajstić information content (AvgIpc) is 3.44. The number of hydrogen-bond donors (Lipinski definition) is 0. The number of benzene rings is 2. The van der Waals surface area contributed by atoms with Crippen LogP contribution in [0.1, 0.15) is 30.3 Å². The molecular weight excluding hydrogens is 370 g/mol. The van der Waals surface area contributed by atoms with Crippen LogP contribution in [0.15, 0.2) is 53.1 Å². The summed E-state index contributed by atoms with van der Waals surface area (Å²) in [5.74, 6) is 2.59. The summed E-state index contributed by atoms with van der Waals surface area (Å²) in [6.45, 7) is 0.694. The van der Waals surface area contributed by atoms with E-state index in [1.807, 2.05) is 53.4 Å². The predicted octanol–water partition coefficient (Wildman–Crippen LogP) is 3.66.